The number of nitrogens with zero attached hydrogens (tertiary/aromatic N) is 2. The first-order chi connectivity index (χ1) is 14.7. The Labute approximate surface area is 178 Å². The van der Waals surface area contributed by atoms with Gasteiger partial charge in [-0.25, -0.2) is 0 Å². The molecule has 2 aromatic carbocycles. The maximum atomic E-state index is 12.9. The van der Waals surface area contributed by atoms with Crippen LogP contribution in [-0.4, -0.2) is 36.3 Å². The summed E-state index contributed by atoms with van der Waals surface area (Å²) >= 11 is 0. The molecule has 0 spiro atoms. The van der Waals surface area contributed by atoms with Crippen molar-refractivity contribution in [2.75, 3.05) is 29.9 Å². The Morgan fingerprint density at radius 2 is 1.83 bits per heavy atom. The number of anilines is 2. The quantitative estimate of drug-likeness (QED) is 0.827. The van der Waals surface area contributed by atoms with Gasteiger partial charge in [-0.3, -0.25) is 14.5 Å². The largest absolute Gasteiger partial charge is 0.326 e. The minimum atomic E-state index is -0.312. The number of aryl methyl sites for hydroxylation is 2. The number of carbonyl (C=O) groups excluding carboxylic acids is 2. The van der Waals surface area contributed by atoms with Crippen LogP contribution in [0.25, 0.3) is 0 Å². The molecular weight excluding hydrogens is 374 g/mol. The fourth-order valence-electron chi connectivity index (χ4n) is 5.05. The minimum Gasteiger partial charge on any atom is -0.326 e. The van der Waals surface area contributed by atoms with Crippen molar-refractivity contribution in [2.24, 2.45) is 5.92 Å². The average Bonchev–Trinajstić information content (AvgIpc) is 3.48. The van der Waals surface area contributed by atoms with E-state index in [4.69, 9.17) is 0 Å². The van der Waals surface area contributed by atoms with E-state index >= 15 is 0 Å². The van der Waals surface area contributed by atoms with Crippen molar-refractivity contribution in [1.82, 2.24) is 4.90 Å². The molecule has 2 fully saturated rings. The second-order valence-corrected chi connectivity index (χ2v) is 8.88. The lowest BCUT2D eigenvalue weighted by atomic mass is 10.1. The predicted octanol–water partition coefficient (Wildman–Crippen LogP) is 3.76. The molecule has 0 radical (unpaired) electrons. The molecule has 1 unspecified atom stereocenters. The third kappa shape index (κ3) is 3.99. The topological polar surface area (TPSA) is 52.7 Å². The smallest absolute Gasteiger partial charge is 0.229 e. The van der Waals surface area contributed by atoms with Crippen LogP contribution in [0, 0.1) is 5.92 Å². The highest BCUT2D eigenvalue weighted by Gasteiger charge is 2.35. The highest BCUT2D eigenvalue weighted by atomic mass is 16.2. The molecule has 3 aliphatic rings. The van der Waals surface area contributed by atoms with Gasteiger partial charge in [-0.05, 0) is 86.1 Å². The molecule has 5 rings (SSSR count). The molecule has 0 bridgehead atoms. The molecule has 0 aromatic heterocycles. The summed E-state index contributed by atoms with van der Waals surface area (Å²) in [6.07, 6.45) is 6.22. The lowest BCUT2D eigenvalue weighted by Gasteiger charge is -2.18. The number of amides is 2. The van der Waals surface area contributed by atoms with Gasteiger partial charge in [0.2, 0.25) is 11.8 Å². The molecule has 2 aromatic rings. The number of nitrogens with one attached hydrogen (secondary N) is 1. The highest BCUT2D eigenvalue weighted by Crippen LogP contribution is 2.31. The van der Waals surface area contributed by atoms with Gasteiger partial charge in [-0.2, -0.15) is 0 Å². The summed E-state index contributed by atoms with van der Waals surface area (Å²) in [7, 11) is 0. The fourth-order valence-corrected chi connectivity index (χ4v) is 5.05. The molecule has 1 N–H and O–H groups in total. The van der Waals surface area contributed by atoms with Crippen LogP contribution in [0.4, 0.5) is 11.4 Å². The van der Waals surface area contributed by atoms with Crippen LogP contribution in [-0.2, 0) is 29.0 Å². The van der Waals surface area contributed by atoms with E-state index in [0.717, 1.165) is 43.9 Å². The van der Waals surface area contributed by atoms with Gasteiger partial charge in [0.1, 0.15) is 0 Å². The van der Waals surface area contributed by atoms with E-state index in [-0.39, 0.29) is 24.2 Å². The van der Waals surface area contributed by atoms with Crippen molar-refractivity contribution in [3.8, 4) is 0 Å². The van der Waals surface area contributed by atoms with Crippen LogP contribution in [0.3, 0.4) is 0 Å². The Morgan fingerprint density at radius 3 is 2.70 bits per heavy atom. The van der Waals surface area contributed by atoms with Crippen LogP contribution in [0.5, 0.6) is 0 Å². The second kappa shape index (κ2) is 8.23. The van der Waals surface area contributed by atoms with E-state index in [1.165, 1.54) is 36.0 Å². The van der Waals surface area contributed by atoms with E-state index in [0.29, 0.717) is 6.54 Å². The van der Waals surface area contributed by atoms with Gasteiger partial charge in [-0.15, -0.1) is 0 Å². The van der Waals surface area contributed by atoms with Gasteiger partial charge in [0.25, 0.3) is 0 Å². The van der Waals surface area contributed by atoms with Crippen LogP contribution in [0.15, 0.2) is 42.5 Å². The number of benzene rings is 2. The first-order valence-electron chi connectivity index (χ1n) is 11.2. The van der Waals surface area contributed by atoms with E-state index in [1.807, 2.05) is 18.2 Å². The van der Waals surface area contributed by atoms with Crippen molar-refractivity contribution in [3.63, 3.8) is 0 Å². The molecule has 1 atom stereocenters. The number of hydrogen-bond donors (Lipinski definition) is 1. The SMILES string of the molecule is O=C(Nc1cccc(CN2CCCC2)c1)C1CC(=O)N(c2ccc3c(c2)CCC3)C1. The van der Waals surface area contributed by atoms with Gasteiger partial charge in [0.15, 0.2) is 0 Å². The lowest BCUT2D eigenvalue weighted by molar-refractivity contribution is -0.122. The zero-order valence-electron chi connectivity index (χ0n) is 17.4. The number of carbonyl (C=O) groups is 2. The van der Waals surface area contributed by atoms with E-state index in [9.17, 15) is 9.59 Å². The molecular formula is C25H29N3O2. The van der Waals surface area contributed by atoms with Crippen LogP contribution in [0.2, 0.25) is 0 Å². The summed E-state index contributed by atoms with van der Waals surface area (Å²) < 4.78 is 0. The molecule has 5 nitrogen and oxygen atoms in total. The van der Waals surface area contributed by atoms with Gasteiger partial charge >= 0.3 is 0 Å². The Kier molecular flexibility index (Phi) is 5.30. The molecule has 5 heteroatoms. The third-order valence-corrected chi connectivity index (χ3v) is 6.69. The standard InChI is InChI=1S/C25H29N3O2/c29-24-15-21(17-28(24)23-10-9-19-6-4-7-20(19)14-23)25(30)26-22-8-3-5-18(13-22)16-27-11-1-2-12-27/h3,5,8-10,13-14,21H,1-2,4,6-7,11-12,15-17H2,(H,26,30). The van der Waals surface area contributed by atoms with Crippen molar-refractivity contribution >= 4 is 23.2 Å². The monoisotopic (exact) mass is 403 g/mol. The maximum Gasteiger partial charge on any atom is 0.229 e. The molecule has 2 aliphatic heterocycles. The van der Waals surface area contributed by atoms with Crippen molar-refractivity contribution in [3.05, 3.63) is 59.2 Å². The zero-order chi connectivity index (χ0) is 20.5. The third-order valence-electron chi connectivity index (χ3n) is 6.69. The van der Waals surface area contributed by atoms with E-state index in [1.54, 1.807) is 4.90 Å². The van der Waals surface area contributed by atoms with Crippen molar-refractivity contribution in [2.45, 2.75) is 45.1 Å². The Bertz CT molecular complexity index is 965. The van der Waals surface area contributed by atoms with Gasteiger partial charge < -0.3 is 10.2 Å². The average molecular weight is 404 g/mol. The van der Waals surface area contributed by atoms with Crippen molar-refractivity contribution in [1.29, 1.82) is 0 Å². The first-order valence-corrected chi connectivity index (χ1v) is 11.2. The Balaban J connectivity index is 1.23. The first kappa shape index (κ1) is 19.3. The Morgan fingerprint density at radius 1 is 1.00 bits per heavy atom. The predicted molar refractivity (Wildman–Crippen MR) is 119 cm³/mol. The van der Waals surface area contributed by atoms with Crippen LogP contribution < -0.4 is 10.2 Å². The molecule has 2 saturated heterocycles. The van der Waals surface area contributed by atoms with Crippen LogP contribution in [0.1, 0.15) is 42.4 Å². The lowest BCUT2D eigenvalue weighted by Crippen LogP contribution is -2.28. The number of hydrogen-bond acceptors (Lipinski definition) is 3. The number of likely N-dealkylation sites (tertiary alicyclic amines) is 1. The summed E-state index contributed by atoms with van der Waals surface area (Å²) in [6.45, 7) is 3.69. The highest BCUT2D eigenvalue weighted by molar-refractivity contribution is 6.03. The molecule has 1 aliphatic carbocycles. The van der Waals surface area contributed by atoms with E-state index in [2.05, 4.69) is 34.5 Å². The summed E-state index contributed by atoms with van der Waals surface area (Å²) in [5.41, 5.74) is 5.72. The van der Waals surface area contributed by atoms with Gasteiger partial charge in [-0.1, -0.05) is 18.2 Å². The zero-order valence-corrected chi connectivity index (χ0v) is 17.4. The Hall–Kier alpha value is -2.66. The van der Waals surface area contributed by atoms with Gasteiger partial charge in [0.05, 0.1) is 5.92 Å². The van der Waals surface area contributed by atoms with Crippen LogP contribution >= 0.6 is 0 Å². The van der Waals surface area contributed by atoms with E-state index < -0.39 is 0 Å². The summed E-state index contributed by atoms with van der Waals surface area (Å²) in [5.74, 6) is -0.339. The molecule has 2 heterocycles. The van der Waals surface area contributed by atoms with Gasteiger partial charge in [0, 0.05) is 30.9 Å². The summed E-state index contributed by atoms with van der Waals surface area (Å²) in [6, 6.07) is 14.4. The second-order valence-electron chi connectivity index (χ2n) is 8.88. The molecule has 0 saturated carbocycles. The molecule has 30 heavy (non-hydrogen) atoms. The number of rotatable bonds is 5. The summed E-state index contributed by atoms with van der Waals surface area (Å²) in [5, 5.41) is 3.05. The number of fused-ring (bicyclic) bond motifs is 1. The molecule has 156 valence electrons. The summed E-state index contributed by atoms with van der Waals surface area (Å²) in [4.78, 5) is 29.7. The normalized spacial score (nSPS) is 21.3. The van der Waals surface area contributed by atoms with Crippen molar-refractivity contribution < 1.29 is 9.59 Å². The molecule has 2 amide bonds. The maximum absolute atomic E-state index is 12.9. The fraction of sp³-hybridized carbons (Fsp3) is 0.440. The minimum absolute atomic E-state index is 0.0379.